The van der Waals surface area contributed by atoms with Crippen molar-refractivity contribution in [1.29, 1.82) is 5.26 Å². The minimum Gasteiger partial charge on any atom is -0.489 e. The van der Waals surface area contributed by atoms with Gasteiger partial charge in [0.1, 0.15) is 12.4 Å². The van der Waals surface area contributed by atoms with Crippen LogP contribution in [-0.4, -0.2) is 20.4 Å². The molecule has 0 bridgehead atoms. The second-order valence-corrected chi connectivity index (χ2v) is 9.89. The van der Waals surface area contributed by atoms with E-state index in [0.717, 1.165) is 33.8 Å². The SMILES string of the molecule is Cc1cc(C=Nn2c(-c3ccccc3)nc3ccccc3c2=O)c(C)n1-c1ccc(OCc2ccccc2C#N)cc1. The summed E-state index contributed by atoms with van der Waals surface area (Å²) in [5.74, 6) is 1.20. The van der Waals surface area contributed by atoms with Crippen LogP contribution in [0.3, 0.4) is 0 Å². The van der Waals surface area contributed by atoms with Crippen LogP contribution in [0.15, 0.2) is 119 Å². The molecule has 0 saturated carbocycles. The van der Waals surface area contributed by atoms with Crippen LogP contribution in [-0.2, 0) is 6.61 Å². The standard InChI is InChI=1S/C35H27N5O2/c1-24-20-29(22-37-40-34(26-10-4-3-5-11-26)38-33-15-9-8-14-32(33)35(40)41)25(2)39(24)30-16-18-31(19-17-30)42-23-28-13-7-6-12-27(28)21-36/h3-20,22H,23H2,1-2H3. The molecule has 2 aromatic heterocycles. The molecule has 0 aliphatic heterocycles. The number of benzene rings is 4. The summed E-state index contributed by atoms with van der Waals surface area (Å²) in [4.78, 5) is 18.3. The summed E-state index contributed by atoms with van der Waals surface area (Å²) in [6.45, 7) is 4.38. The first-order chi connectivity index (χ1) is 20.5. The first-order valence-electron chi connectivity index (χ1n) is 13.6. The molecule has 7 nitrogen and oxygen atoms in total. The van der Waals surface area contributed by atoms with E-state index in [4.69, 9.17) is 9.72 Å². The molecule has 7 heteroatoms. The minimum absolute atomic E-state index is 0.225. The van der Waals surface area contributed by atoms with E-state index >= 15 is 0 Å². The van der Waals surface area contributed by atoms with Crippen molar-refractivity contribution >= 4 is 17.1 Å². The van der Waals surface area contributed by atoms with Crippen LogP contribution in [0, 0.1) is 25.2 Å². The zero-order valence-corrected chi connectivity index (χ0v) is 23.2. The molecule has 2 heterocycles. The number of aryl methyl sites for hydroxylation is 1. The van der Waals surface area contributed by atoms with Gasteiger partial charge in [-0.15, -0.1) is 0 Å². The molecule has 0 aliphatic rings. The van der Waals surface area contributed by atoms with Gasteiger partial charge in [0.05, 0.1) is 28.8 Å². The molecule has 0 atom stereocenters. The molecule has 4 aromatic carbocycles. The molecule has 204 valence electrons. The number of hydrogen-bond acceptors (Lipinski definition) is 5. The Morgan fingerprint density at radius 3 is 2.40 bits per heavy atom. The molecule has 0 spiro atoms. The Kier molecular flexibility index (Phi) is 7.19. The smallest absolute Gasteiger partial charge is 0.282 e. The molecule has 0 fully saturated rings. The number of ether oxygens (including phenoxy) is 1. The summed E-state index contributed by atoms with van der Waals surface area (Å²) in [6, 6.07) is 36.4. The van der Waals surface area contributed by atoms with Crippen molar-refractivity contribution < 1.29 is 4.74 Å². The highest BCUT2D eigenvalue weighted by Gasteiger charge is 2.14. The number of rotatable bonds is 7. The Morgan fingerprint density at radius 2 is 1.62 bits per heavy atom. The summed E-state index contributed by atoms with van der Waals surface area (Å²) in [5.41, 5.74) is 6.55. The van der Waals surface area contributed by atoms with Crippen LogP contribution in [0.2, 0.25) is 0 Å². The maximum atomic E-state index is 13.5. The Labute approximate surface area is 243 Å². The second kappa shape index (κ2) is 11.4. The van der Waals surface area contributed by atoms with Crippen LogP contribution < -0.4 is 10.3 Å². The molecular weight excluding hydrogens is 522 g/mol. The number of aromatic nitrogens is 3. The average molecular weight is 550 g/mol. The van der Waals surface area contributed by atoms with E-state index in [-0.39, 0.29) is 5.56 Å². The van der Waals surface area contributed by atoms with Gasteiger partial charge in [0.25, 0.3) is 5.56 Å². The van der Waals surface area contributed by atoms with Crippen molar-refractivity contribution in [2.45, 2.75) is 20.5 Å². The quantitative estimate of drug-likeness (QED) is 0.205. The Balaban J connectivity index is 1.30. The molecular formula is C35H27N5O2. The maximum absolute atomic E-state index is 13.5. The lowest BCUT2D eigenvalue weighted by molar-refractivity contribution is 0.306. The van der Waals surface area contributed by atoms with Crippen LogP contribution in [0.1, 0.15) is 28.1 Å². The van der Waals surface area contributed by atoms with Gasteiger partial charge in [0, 0.05) is 33.8 Å². The van der Waals surface area contributed by atoms with Gasteiger partial charge in [0.15, 0.2) is 5.82 Å². The van der Waals surface area contributed by atoms with E-state index in [1.165, 1.54) is 4.68 Å². The number of nitriles is 1. The largest absolute Gasteiger partial charge is 0.489 e. The lowest BCUT2D eigenvalue weighted by Gasteiger charge is -2.12. The molecule has 0 unspecified atom stereocenters. The predicted octanol–water partition coefficient (Wildman–Crippen LogP) is 6.80. The molecule has 0 saturated heterocycles. The van der Waals surface area contributed by atoms with E-state index in [0.29, 0.717) is 34.6 Å². The normalized spacial score (nSPS) is 11.2. The zero-order valence-electron chi connectivity index (χ0n) is 23.2. The van der Waals surface area contributed by atoms with E-state index in [1.54, 1.807) is 18.3 Å². The Hall–Kier alpha value is -5.74. The summed E-state index contributed by atoms with van der Waals surface area (Å²) < 4.78 is 9.46. The fraction of sp³-hybridized carbons (Fsp3) is 0.0857. The highest BCUT2D eigenvalue weighted by molar-refractivity contribution is 5.83. The van der Waals surface area contributed by atoms with Crippen LogP contribution in [0.5, 0.6) is 5.75 Å². The lowest BCUT2D eigenvalue weighted by Crippen LogP contribution is -2.20. The van der Waals surface area contributed by atoms with E-state index in [9.17, 15) is 10.1 Å². The molecule has 0 radical (unpaired) electrons. The van der Waals surface area contributed by atoms with Crippen molar-refractivity contribution in [2.24, 2.45) is 5.10 Å². The lowest BCUT2D eigenvalue weighted by atomic mass is 10.1. The zero-order chi connectivity index (χ0) is 29.1. The third-order valence-corrected chi connectivity index (χ3v) is 7.20. The summed E-state index contributed by atoms with van der Waals surface area (Å²) in [7, 11) is 0. The van der Waals surface area contributed by atoms with Crippen molar-refractivity contribution in [1.82, 2.24) is 14.2 Å². The number of nitrogens with zero attached hydrogens (tertiary/aromatic N) is 5. The molecule has 6 aromatic rings. The highest BCUT2D eigenvalue weighted by Crippen LogP contribution is 2.24. The van der Waals surface area contributed by atoms with Gasteiger partial charge < -0.3 is 9.30 Å². The fourth-order valence-corrected chi connectivity index (χ4v) is 5.05. The van der Waals surface area contributed by atoms with E-state index in [1.807, 2.05) is 111 Å². The first kappa shape index (κ1) is 26.5. The molecule has 0 amide bonds. The highest BCUT2D eigenvalue weighted by atomic mass is 16.5. The van der Waals surface area contributed by atoms with Crippen molar-refractivity contribution in [2.75, 3.05) is 0 Å². The second-order valence-electron chi connectivity index (χ2n) is 9.89. The first-order valence-corrected chi connectivity index (χ1v) is 13.6. The van der Waals surface area contributed by atoms with E-state index in [2.05, 4.69) is 15.7 Å². The molecule has 42 heavy (non-hydrogen) atoms. The number of hydrogen-bond donors (Lipinski definition) is 0. The third kappa shape index (κ3) is 5.09. The Morgan fingerprint density at radius 1 is 0.905 bits per heavy atom. The summed E-state index contributed by atoms with van der Waals surface area (Å²) >= 11 is 0. The van der Waals surface area contributed by atoms with Crippen LogP contribution >= 0.6 is 0 Å². The minimum atomic E-state index is -0.225. The van der Waals surface area contributed by atoms with Gasteiger partial charge in [-0.1, -0.05) is 60.7 Å². The average Bonchev–Trinajstić information content (AvgIpc) is 3.32. The molecule has 6 rings (SSSR count). The maximum Gasteiger partial charge on any atom is 0.282 e. The van der Waals surface area contributed by atoms with Crippen LogP contribution in [0.25, 0.3) is 28.0 Å². The summed E-state index contributed by atoms with van der Waals surface area (Å²) in [6.07, 6.45) is 1.72. The van der Waals surface area contributed by atoms with Gasteiger partial charge in [-0.05, 0) is 62.4 Å². The summed E-state index contributed by atoms with van der Waals surface area (Å²) in [5, 5.41) is 14.5. The van der Waals surface area contributed by atoms with Crippen molar-refractivity contribution in [3.05, 3.63) is 148 Å². The van der Waals surface area contributed by atoms with Gasteiger partial charge in [-0.25, -0.2) is 4.98 Å². The topological polar surface area (TPSA) is 85.2 Å². The Bertz CT molecular complexity index is 2030. The third-order valence-electron chi connectivity index (χ3n) is 7.20. The van der Waals surface area contributed by atoms with Gasteiger partial charge in [0.2, 0.25) is 0 Å². The van der Waals surface area contributed by atoms with Crippen molar-refractivity contribution in [3.63, 3.8) is 0 Å². The number of fused-ring (bicyclic) bond motifs is 1. The predicted molar refractivity (Wildman–Crippen MR) is 165 cm³/mol. The van der Waals surface area contributed by atoms with Gasteiger partial charge in [-0.3, -0.25) is 4.79 Å². The number of para-hydroxylation sites is 1. The van der Waals surface area contributed by atoms with Crippen molar-refractivity contribution in [3.8, 4) is 28.9 Å². The van der Waals surface area contributed by atoms with Gasteiger partial charge in [-0.2, -0.15) is 15.0 Å². The fourth-order valence-electron chi connectivity index (χ4n) is 5.05. The monoisotopic (exact) mass is 549 g/mol. The van der Waals surface area contributed by atoms with Crippen LogP contribution in [0.4, 0.5) is 0 Å². The molecule has 0 aliphatic carbocycles. The van der Waals surface area contributed by atoms with Gasteiger partial charge >= 0.3 is 0 Å². The van der Waals surface area contributed by atoms with E-state index < -0.39 is 0 Å². The molecule has 0 N–H and O–H groups in total.